The number of nitrogens with two attached hydrogens (primary N) is 1. The Kier molecular flexibility index (Phi) is 5.22. The van der Waals surface area contributed by atoms with Gasteiger partial charge in [-0.1, -0.05) is 30.3 Å². The normalized spacial score (nSPS) is 23.2. The van der Waals surface area contributed by atoms with E-state index in [2.05, 4.69) is 45.1 Å². The second-order valence-corrected chi connectivity index (χ2v) is 8.39. The first-order chi connectivity index (χ1) is 12.7. The van der Waals surface area contributed by atoms with Crippen LogP contribution in [0.3, 0.4) is 0 Å². The molecule has 5 rings (SSSR count). The standard InChI is InChI=1S/C20H26N4OS/c21-20-22-17(14-26-20)7-9-19(25)24-12-16-6-8-18(24)13-23(11-16)10-15-4-2-1-3-5-15/h1-5,14,16,18H,6-13H2,(H2,21,22)/t16-,18+/m0/s1. The molecule has 2 aromatic rings. The first kappa shape index (κ1) is 17.5. The molecule has 3 saturated heterocycles. The zero-order valence-corrected chi connectivity index (χ0v) is 15.8. The monoisotopic (exact) mass is 370 g/mol. The number of anilines is 1. The minimum absolute atomic E-state index is 0.271. The Bertz CT molecular complexity index is 747. The van der Waals surface area contributed by atoms with Crippen molar-refractivity contribution in [2.75, 3.05) is 25.4 Å². The summed E-state index contributed by atoms with van der Waals surface area (Å²) in [5, 5.41) is 2.54. The summed E-state index contributed by atoms with van der Waals surface area (Å²) in [7, 11) is 0. The smallest absolute Gasteiger partial charge is 0.223 e. The van der Waals surface area contributed by atoms with Crippen molar-refractivity contribution in [2.45, 2.75) is 38.3 Å². The number of amides is 1. The number of fused-ring (bicyclic) bond motifs is 4. The van der Waals surface area contributed by atoms with Crippen molar-refractivity contribution in [3.05, 3.63) is 47.0 Å². The third kappa shape index (κ3) is 4.07. The van der Waals surface area contributed by atoms with E-state index in [1.54, 1.807) is 0 Å². The number of carbonyl (C=O) groups excluding carboxylic acids is 1. The summed E-state index contributed by atoms with van der Waals surface area (Å²) >= 11 is 1.44. The number of thiazole rings is 1. The Labute approximate surface area is 158 Å². The van der Waals surface area contributed by atoms with Crippen LogP contribution in [0, 0.1) is 5.92 Å². The molecule has 5 nitrogen and oxygen atoms in total. The number of benzene rings is 1. The lowest BCUT2D eigenvalue weighted by atomic mass is 9.94. The maximum absolute atomic E-state index is 12.8. The lowest BCUT2D eigenvalue weighted by molar-refractivity contribution is -0.135. The van der Waals surface area contributed by atoms with E-state index in [1.165, 1.54) is 23.3 Å². The topological polar surface area (TPSA) is 62.5 Å². The Hall–Kier alpha value is -1.92. The van der Waals surface area contributed by atoms with Crippen LogP contribution >= 0.6 is 11.3 Å². The molecule has 2 bridgehead atoms. The molecule has 1 aromatic heterocycles. The van der Waals surface area contributed by atoms with E-state index in [4.69, 9.17) is 5.73 Å². The van der Waals surface area contributed by atoms with E-state index < -0.39 is 0 Å². The van der Waals surface area contributed by atoms with Crippen molar-refractivity contribution in [3.8, 4) is 0 Å². The van der Waals surface area contributed by atoms with Crippen LogP contribution in [0.25, 0.3) is 0 Å². The van der Waals surface area contributed by atoms with Gasteiger partial charge in [0, 0.05) is 44.0 Å². The number of nitrogen functional groups attached to an aromatic ring is 1. The highest BCUT2D eigenvalue weighted by Gasteiger charge is 2.36. The molecular weight excluding hydrogens is 344 g/mol. The summed E-state index contributed by atoms with van der Waals surface area (Å²) in [6.07, 6.45) is 3.59. The van der Waals surface area contributed by atoms with E-state index in [0.717, 1.165) is 38.3 Å². The predicted octanol–water partition coefficient (Wildman–Crippen LogP) is 2.78. The van der Waals surface area contributed by atoms with Gasteiger partial charge in [0.1, 0.15) is 0 Å². The zero-order valence-electron chi connectivity index (χ0n) is 15.0. The number of carbonyl (C=O) groups is 1. The van der Waals surface area contributed by atoms with Gasteiger partial charge in [0.15, 0.2) is 5.13 Å². The average Bonchev–Trinajstić information content (AvgIpc) is 2.87. The summed E-state index contributed by atoms with van der Waals surface area (Å²) in [5.74, 6) is 0.865. The second kappa shape index (κ2) is 7.76. The molecule has 0 spiro atoms. The largest absolute Gasteiger partial charge is 0.375 e. The summed E-state index contributed by atoms with van der Waals surface area (Å²) in [6, 6.07) is 11.0. The molecule has 0 unspecified atom stereocenters. The second-order valence-electron chi connectivity index (χ2n) is 7.50. The SMILES string of the molecule is Nc1nc(CCC(=O)N2C[C@H]3CC[C@@H]2CN(Cc2ccccc2)C3)cs1. The molecule has 4 heterocycles. The van der Waals surface area contributed by atoms with Crippen LogP contribution in [0.15, 0.2) is 35.7 Å². The highest BCUT2D eigenvalue weighted by atomic mass is 32.1. The van der Waals surface area contributed by atoms with Gasteiger partial charge in [0.2, 0.25) is 5.91 Å². The quantitative estimate of drug-likeness (QED) is 0.879. The Balaban J connectivity index is 1.37. The molecule has 1 aromatic carbocycles. The van der Waals surface area contributed by atoms with Gasteiger partial charge in [0.05, 0.1) is 5.69 Å². The number of hydrogen-bond acceptors (Lipinski definition) is 5. The van der Waals surface area contributed by atoms with Gasteiger partial charge in [-0.05, 0) is 30.7 Å². The molecule has 3 fully saturated rings. The average molecular weight is 371 g/mol. The van der Waals surface area contributed by atoms with Gasteiger partial charge in [0.25, 0.3) is 0 Å². The molecule has 138 valence electrons. The first-order valence-electron chi connectivity index (χ1n) is 9.43. The molecule has 0 radical (unpaired) electrons. The van der Waals surface area contributed by atoms with Gasteiger partial charge < -0.3 is 10.6 Å². The molecule has 1 amide bonds. The van der Waals surface area contributed by atoms with Gasteiger partial charge in [-0.3, -0.25) is 9.69 Å². The molecule has 3 aliphatic heterocycles. The van der Waals surface area contributed by atoms with Crippen LogP contribution in [0.2, 0.25) is 0 Å². The molecule has 2 atom stereocenters. The maximum Gasteiger partial charge on any atom is 0.223 e. The minimum Gasteiger partial charge on any atom is -0.375 e. The van der Waals surface area contributed by atoms with Crippen LogP contribution in [-0.2, 0) is 17.8 Å². The fourth-order valence-electron chi connectivity index (χ4n) is 4.27. The molecule has 6 heteroatoms. The number of hydrogen-bond donors (Lipinski definition) is 1. The maximum atomic E-state index is 12.8. The van der Waals surface area contributed by atoms with Gasteiger partial charge in [-0.2, -0.15) is 0 Å². The van der Waals surface area contributed by atoms with E-state index in [1.807, 2.05) is 5.38 Å². The highest BCUT2D eigenvalue weighted by Crippen LogP contribution is 2.29. The van der Waals surface area contributed by atoms with Crippen molar-refractivity contribution in [3.63, 3.8) is 0 Å². The number of aromatic nitrogens is 1. The van der Waals surface area contributed by atoms with Gasteiger partial charge in [-0.15, -0.1) is 11.3 Å². The number of aryl methyl sites for hydroxylation is 1. The molecule has 0 aliphatic carbocycles. The van der Waals surface area contributed by atoms with E-state index in [0.29, 0.717) is 29.9 Å². The van der Waals surface area contributed by atoms with Gasteiger partial charge >= 0.3 is 0 Å². The molecule has 0 saturated carbocycles. The summed E-state index contributed by atoms with van der Waals surface area (Å²) in [4.78, 5) is 21.8. The van der Waals surface area contributed by atoms with E-state index >= 15 is 0 Å². The fourth-order valence-corrected chi connectivity index (χ4v) is 4.87. The third-order valence-electron chi connectivity index (χ3n) is 5.52. The van der Waals surface area contributed by atoms with Crippen molar-refractivity contribution < 1.29 is 4.79 Å². The summed E-state index contributed by atoms with van der Waals surface area (Å²) in [6.45, 7) is 3.97. The Morgan fingerprint density at radius 1 is 1.19 bits per heavy atom. The highest BCUT2D eigenvalue weighted by molar-refractivity contribution is 7.13. The Morgan fingerprint density at radius 3 is 2.81 bits per heavy atom. The summed E-state index contributed by atoms with van der Waals surface area (Å²) < 4.78 is 0. The van der Waals surface area contributed by atoms with Crippen molar-refractivity contribution >= 4 is 22.4 Å². The lowest BCUT2D eigenvalue weighted by Crippen LogP contribution is -2.47. The number of piperidine rings is 1. The molecule has 26 heavy (non-hydrogen) atoms. The van der Waals surface area contributed by atoms with Crippen LogP contribution in [0.5, 0.6) is 0 Å². The molecule has 3 aliphatic rings. The van der Waals surface area contributed by atoms with Crippen LogP contribution in [0.4, 0.5) is 5.13 Å². The molecular formula is C20H26N4OS. The van der Waals surface area contributed by atoms with Crippen LogP contribution in [0.1, 0.15) is 30.5 Å². The summed E-state index contributed by atoms with van der Waals surface area (Å²) in [5.41, 5.74) is 7.97. The lowest BCUT2D eigenvalue weighted by Gasteiger charge is -2.36. The van der Waals surface area contributed by atoms with Crippen LogP contribution in [-0.4, -0.2) is 46.4 Å². The van der Waals surface area contributed by atoms with Crippen molar-refractivity contribution in [1.29, 1.82) is 0 Å². The molecule has 2 N–H and O–H groups in total. The minimum atomic E-state index is 0.271. The first-order valence-corrected chi connectivity index (χ1v) is 10.3. The predicted molar refractivity (Wildman–Crippen MR) is 105 cm³/mol. The van der Waals surface area contributed by atoms with E-state index in [-0.39, 0.29) is 5.91 Å². The zero-order chi connectivity index (χ0) is 17.9. The number of rotatable bonds is 5. The number of nitrogens with zero attached hydrogens (tertiary/aromatic N) is 3. The van der Waals surface area contributed by atoms with E-state index in [9.17, 15) is 4.79 Å². The third-order valence-corrected chi connectivity index (χ3v) is 6.25. The Morgan fingerprint density at radius 2 is 2.04 bits per heavy atom. The van der Waals surface area contributed by atoms with Crippen molar-refractivity contribution in [1.82, 2.24) is 14.8 Å². The van der Waals surface area contributed by atoms with Crippen molar-refractivity contribution in [2.24, 2.45) is 5.92 Å². The fraction of sp³-hybridized carbons (Fsp3) is 0.500. The van der Waals surface area contributed by atoms with Gasteiger partial charge in [-0.25, -0.2) is 4.98 Å². The van der Waals surface area contributed by atoms with Crippen LogP contribution < -0.4 is 5.73 Å².